The van der Waals surface area contributed by atoms with Crippen LogP contribution in [0.3, 0.4) is 0 Å². The standard InChI is InChI=1S/C22H25BrClN3O3/c1-4-11-30-19-10-7-17(23)12-16(19)13-25-27-22(29)20(14(2)3)26-21(28)15-5-8-18(24)9-6-15/h5-10,12-14,20H,4,11H2,1-3H3,(H,26,28)(H,27,29). The summed E-state index contributed by atoms with van der Waals surface area (Å²) in [6.07, 6.45) is 2.40. The Kier molecular flexibility index (Phi) is 9.33. The lowest BCUT2D eigenvalue weighted by Crippen LogP contribution is -2.48. The second-order valence-electron chi connectivity index (χ2n) is 6.97. The Morgan fingerprint density at radius 2 is 1.90 bits per heavy atom. The molecule has 0 aliphatic carbocycles. The zero-order valence-electron chi connectivity index (χ0n) is 17.1. The lowest BCUT2D eigenvalue weighted by Gasteiger charge is -2.20. The molecular weight excluding hydrogens is 470 g/mol. The van der Waals surface area contributed by atoms with E-state index >= 15 is 0 Å². The van der Waals surface area contributed by atoms with E-state index in [-0.39, 0.29) is 11.8 Å². The van der Waals surface area contributed by atoms with Gasteiger partial charge in [0.25, 0.3) is 11.8 Å². The maximum absolute atomic E-state index is 12.6. The van der Waals surface area contributed by atoms with Crippen LogP contribution < -0.4 is 15.5 Å². The Balaban J connectivity index is 2.06. The smallest absolute Gasteiger partial charge is 0.262 e. The molecule has 2 N–H and O–H groups in total. The first-order valence-electron chi connectivity index (χ1n) is 9.63. The van der Waals surface area contributed by atoms with Gasteiger partial charge in [-0.1, -0.05) is 48.3 Å². The van der Waals surface area contributed by atoms with Crippen LogP contribution in [0.1, 0.15) is 43.1 Å². The van der Waals surface area contributed by atoms with Crippen molar-refractivity contribution in [2.75, 3.05) is 6.61 Å². The fourth-order valence-electron chi connectivity index (χ4n) is 2.56. The third-order valence-electron chi connectivity index (χ3n) is 4.15. The largest absolute Gasteiger partial charge is 0.493 e. The van der Waals surface area contributed by atoms with E-state index in [2.05, 4.69) is 31.8 Å². The minimum atomic E-state index is -0.747. The zero-order chi connectivity index (χ0) is 22.1. The van der Waals surface area contributed by atoms with Crippen molar-refractivity contribution >= 4 is 45.6 Å². The van der Waals surface area contributed by atoms with Crippen molar-refractivity contribution in [2.45, 2.75) is 33.2 Å². The third kappa shape index (κ3) is 7.15. The predicted octanol–water partition coefficient (Wildman–Crippen LogP) is 4.80. The summed E-state index contributed by atoms with van der Waals surface area (Å²) in [6, 6.07) is 11.3. The van der Waals surface area contributed by atoms with E-state index in [1.54, 1.807) is 24.3 Å². The molecule has 160 valence electrons. The number of hydrogen-bond acceptors (Lipinski definition) is 4. The van der Waals surface area contributed by atoms with Crippen LogP contribution in [0.25, 0.3) is 0 Å². The highest BCUT2D eigenvalue weighted by molar-refractivity contribution is 9.10. The Labute approximate surface area is 190 Å². The summed E-state index contributed by atoms with van der Waals surface area (Å²) in [4.78, 5) is 25.1. The van der Waals surface area contributed by atoms with Gasteiger partial charge in [-0.15, -0.1) is 0 Å². The van der Waals surface area contributed by atoms with Crippen molar-refractivity contribution in [3.8, 4) is 5.75 Å². The average Bonchev–Trinajstić information content (AvgIpc) is 2.71. The normalized spacial score (nSPS) is 12.1. The molecule has 1 unspecified atom stereocenters. The van der Waals surface area contributed by atoms with E-state index < -0.39 is 11.9 Å². The Hall–Kier alpha value is -2.38. The number of amides is 2. The third-order valence-corrected chi connectivity index (χ3v) is 4.90. The highest BCUT2D eigenvalue weighted by Gasteiger charge is 2.24. The molecule has 0 fully saturated rings. The van der Waals surface area contributed by atoms with Crippen molar-refractivity contribution in [3.05, 3.63) is 63.1 Å². The number of hydrogen-bond donors (Lipinski definition) is 2. The first kappa shape index (κ1) is 23.9. The molecule has 30 heavy (non-hydrogen) atoms. The van der Waals surface area contributed by atoms with Crippen molar-refractivity contribution in [1.29, 1.82) is 0 Å². The number of hydrazone groups is 1. The van der Waals surface area contributed by atoms with Gasteiger partial charge in [-0.05, 0) is 54.8 Å². The molecule has 0 saturated heterocycles. The van der Waals surface area contributed by atoms with E-state index in [9.17, 15) is 9.59 Å². The molecule has 8 heteroatoms. The van der Waals surface area contributed by atoms with Gasteiger partial charge >= 0.3 is 0 Å². The minimum absolute atomic E-state index is 0.134. The Bertz CT molecular complexity index is 901. The maximum Gasteiger partial charge on any atom is 0.262 e. The summed E-state index contributed by atoms with van der Waals surface area (Å²) in [5, 5.41) is 7.34. The average molecular weight is 495 g/mol. The van der Waals surface area contributed by atoms with E-state index in [0.29, 0.717) is 22.9 Å². The number of ether oxygens (including phenoxy) is 1. The van der Waals surface area contributed by atoms with Crippen LogP contribution >= 0.6 is 27.5 Å². The number of nitrogens with one attached hydrogen (secondary N) is 2. The topological polar surface area (TPSA) is 79.8 Å². The van der Waals surface area contributed by atoms with Gasteiger partial charge in [-0.3, -0.25) is 9.59 Å². The molecule has 0 saturated carbocycles. The molecule has 0 radical (unpaired) electrons. The number of benzene rings is 2. The fourth-order valence-corrected chi connectivity index (χ4v) is 3.06. The molecule has 6 nitrogen and oxygen atoms in total. The Morgan fingerprint density at radius 3 is 2.53 bits per heavy atom. The van der Waals surface area contributed by atoms with Crippen LogP contribution in [-0.2, 0) is 4.79 Å². The summed E-state index contributed by atoms with van der Waals surface area (Å²) in [5.74, 6) is -0.221. The highest BCUT2D eigenvalue weighted by atomic mass is 79.9. The van der Waals surface area contributed by atoms with Crippen molar-refractivity contribution in [3.63, 3.8) is 0 Å². The van der Waals surface area contributed by atoms with Gasteiger partial charge in [0.2, 0.25) is 0 Å². The SMILES string of the molecule is CCCOc1ccc(Br)cc1C=NNC(=O)C(NC(=O)c1ccc(Cl)cc1)C(C)C. The molecular formula is C22H25BrClN3O3. The number of carbonyl (C=O) groups is 2. The molecule has 0 aromatic heterocycles. The van der Waals surface area contributed by atoms with Crippen LogP contribution in [0.15, 0.2) is 52.0 Å². The summed E-state index contributed by atoms with van der Waals surface area (Å²) < 4.78 is 6.57. The minimum Gasteiger partial charge on any atom is -0.493 e. The molecule has 1 atom stereocenters. The molecule has 2 rings (SSSR count). The van der Waals surface area contributed by atoms with E-state index in [1.165, 1.54) is 6.21 Å². The Morgan fingerprint density at radius 1 is 1.20 bits per heavy atom. The van der Waals surface area contributed by atoms with Gasteiger partial charge in [-0.25, -0.2) is 5.43 Å². The second-order valence-corrected chi connectivity index (χ2v) is 8.32. The molecule has 0 spiro atoms. The number of rotatable bonds is 9. The molecule has 0 bridgehead atoms. The summed E-state index contributed by atoms with van der Waals surface area (Å²) >= 11 is 9.28. The van der Waals surface area contributed by atoms with Gasteiger partial charge in [0.1, 0.15) is 11.8 Å². The molecule has 0 heterocycles. The van der Waals surface area contributed by atoms with Crippen molar-refractivity contribution in [1.82, 2.24) is 10.7 Å². The maximum atomic E-state index is 12.6. The predicted molar refractivity (Wildman–Crippen MR) is 123 cm³/mol. The summed E-state index contributed by atoms with van der Waals surface area (Å²) in [7, 11) is 0. The monoisotopic (exact) mass is 493 g/mol. The lowest BCUT2D eigenvalue weighted by molar-refractivity contribution is -0.123. The van der Waals surface area contributed by atoms with E-state index in [4.69, 9.17) is 16.3 Å². The van der Waals surface area contributed by atoms with Crippen LogP contribution in [0.2, 0.25) is 5.02 Å². The second kappa shape index (κ2) is 11.7. The summed E-state index contributed by atoms with van der Waals surface area (Å²) in [6.45, 7) is 6.31. The van der Waals surface area contributed by atoms with Gasteiger partial charge < -0.3 is 10.1 Å². The van der Waals surface area contributed by atoms with Crippen LogP contribution in [0, 0.1) is 5.92 Å². The number of halogens is 2. The molecule has 2 aromatic rings. The van der Waals surface area contributed by atoms with Crippen molar-refractivity contribution in [2.24, 2.45) is 11.0 Å². The van der Waals surface area contributed by atoms with Gasteiger partial charge in [0.05, 0.1) is 12.8 Å². The zero-order valence-corrected chi connectivity index (χ0v) is 19.5. The van der Waals surface area contributed by atoms with Crippen LogP contribution in [0.5, 0.6) is 5.75 Å². The van der Waals surface area contributed by atoms with Crippen molar-refractivity contribution < 1.29 is 14.3 Å². The van der Waals surface area contributed by atoms with E-state index in [1.807, 2.05) is 39.0 Å². The summed E-state index contributed by atoms with van der Waals surface area (Å²) in [5.41, 5.74) is 3.66. The number of carbonyl (C=O) groups excluding carboxylic acids is 2. The van der Waals surface area contributed by atoms with E-state index in [0.717, 1.165) is 16.5 Å². The number of nitrogens with zero attached hydrogens (tertiary/aromatic N) is 1. The molecule has 2 aromatic carbocycles. The van der Waals surface area contributed by atoms with Crippen LogP contribution in [0.4, 0.5) is 0 Å². The van der Waals surface area contributed by atoms with Crippen LogP contribution in [-0.4, -0.2) is 30.7 Å². The van der Waals surface area contributed by atoms with Gasteiger partial charge in [0.15, 0.2) is 0 Å². The molecule has 0 aliphatic rings. The highest BCUT2D eigenvalue weighted by Crippen LogP contribution is 2.22. The first-order chi connectivity index (χ1) is 14.3. The first-order valence-corrected chi connectivity index (χ1v) is 10.8. The molecule has 0 aliphatic heterocycles. The van der Waals surface area contributed by atoms with Gasteiger partial charge in [0, 0.05) is 20.6 Å². The lowest BCUT2D eigenvalue weighted by atomic mass is 10.0. The van der Waals surface area contributed by atoms with Gasteiger partial charge in [-0.2, -0.15) is 5.10 Å². The molecule has 2 amide bonds. The quantitative estimate of drug-likeness (QED) is 0.388. The fraction of sp³-hybridized carbons (Fsp3) is 0.318.